The van der Waals surface area contributed by atoms with Crippen LogP contribution in [-0.4, -0.2) is 56.1 Å². The smallest absolute Gasteiger partial charge is 0.416 e. The third-order valence-electron chi connectivity index (χ3n) is 4.92. The Morgan fingerprint density at radius 1 is 0.967 bits per heavy atom. The van der Waals surface area contributed by atoms with Gasteiger partial charge in [0.05, 0.1) is 19.8 Å². The lowest BCUT2D eigenvalue weighted by Gasteiger charge is -2.35. The van der Waals surface area contributed by atoms with Crippen molar-refractivity contribution in [2.45, 2.75) is 12.7 Å². The first kappa shape index (κ1) is 23.8. The molecular weight excluding hydrogens is 421 g/mol. The molecule has 5 nitrogen and oxygen atoms in total. The normalized spacial score (nSPS) is 14.8. The molecular formula is C21H24ClF3N2O3. The maximum absolute atomic E-state index is 12.9. The molecule has 0 bridgehead atoms. The maximum atomic E-state index is 12.9. The highest BCUT2D eigenvalue weighted by Gasteiger charge is 2.30. The van der Waals surface area contributed by atoms with Gasteiger partial charge < -0.3 is 14.4 Å². The molecule has 1 amide bonds. The molecule has 1 saturated heterocycles. The lowest BCUT2D eigenvalue weighted by Crippen LogP contribution is -2.48. The molecule has 1 aliphatic rings. The van der Waals surface area contributed by atoms with Gasteiger partial charge in [-0.25, -0.2) is 0 Å². The predicted octanol–water partition coefficient (Wildman–Crippen LogP) is 4.10. The molecule has 0 N–H and O–H groups in total. The summed E-state index contributed by atoms with van der Waals surface area (Å²) in [5.41, 5.74) is 0.445. The number of methoxy groups -OCH3 is 2. The Morgan fingerprint density at radius 3 is 2.10 bits per heavy atom. The van der Waals surface area contributed by atoms with Gasteiger partial charge >= 0.3 is 6.18 Å². The fraction of sp³-hybridized carbons (Fsp3) is 0.381. The number of alkyl halides is 3. The minimum atomic E-state index is -4.35. The van der Waals surface area contributed by atoms with Crippen LogP contribution < -0.4 is 9.47 Å². The van der Waals surface area contributed by atoms with Crippen LogP contribution in [0.25, 0.3) is 0 Å². The number of benzene rings is 2. The molecule has 9 heteroatoms. The highest BCUT2D eigenvalue weighted by Crippen LogP contribution is 2.30. The van der Waals surface area contributed by atoms with Crippen molar-refractivity contribution in [3.05, 3.63) is 59.2 Å². The van der Waals surface area contributed by atoms with Crippen LogP contribution in [0.1, 0.15) is 21.5 Å². The summed E-state index contributed by atoms with van der Waals surface area (Å²) in [6.45, 7) is 2.58. The van der Waals surface area contributed by atoms with E-state index in [2.05, 4.69) is 0 Å². The molecule has 2 aromatic rings. The quantitative estimate of drug-likeness (QED) is 0.696. The van der Waals surface area contributed by atoms with Gasteiger partial charge in [-0.15, -0.1) is 12.4 Å². The molecule has 0 spiro atoms. The monoisotopic (exact) mass is 444 g/mol. The van der Waals surface area contributed by atoms with Gasteiger partial charge in [0, 0.05) is 44.4 Å². The van der Waals surface area contributed by atoms with E-state index in [1.165, 1.54) is 26.4 Å². The largest absolute Gasteiger partial charge is 0.497 e. The second-order valence-electron chi connectivity index (χ2n) is 6.87. The summed E-state index contributed by atoms with van der Waals surface area (Å²) in [4.78, 5) is 16.6. The zero-order chi connectivity index (χ0) is 21.0. The van der Waals surface area contributed by atoms with Crippen molar-refractivity contribution in [3.63, 3.8) is 0 Å². The molecule has 1 fully saturated rings. The number of carbonyl (C=O) groups excluding carboxylic acids is 1. The SMILES string of the molecule is COc1cc(OC)cc(C(=O)N2CCN(Cc3cccc(C(F)(F)F)c3)CC2)c1.Cl. The van der Waals surface area contributed by atoms with Crippen LogP contribution in [0.2, 0.25) is 0 Å². The number of rotatable bonds is 5. The van der Waals surface area contributed by atoms with Gasteiger partial charge in [-0.3, -0.25) is 9.69 Å². The summed E-state index contributed by atoms with van der Waals surface area (Å²) in [7, 11) is 3.05. The number of halogens is 4. The highest BCUT2D eigenvalue weighted by atomic mass is 35.5. The number of carbonyl (C=O) groups is 1. The second kappa shape index (κ2) is 10.0. The van der Waals surface area contributed by atoms with Gasteiger partial charge in [0.1, 0.15) is 11.5 Å². The van der Waals surface area contributed by atoms with E-state index in [-0.39, 0.29) is 18.3 Å². The maximum Gasteiger partial charge on any atom is 0.416 e. The van der Waals surface area contributed by atoms with E-state index < -0.39 is 11.7 Å². The minimum absolute atomic E-state index is 0. The summed E-state index contributed by atoms with van der Waals surface area (Å²) in [6.07, 6.45) is -4.35. The molecule has 3 rings (SSSR count). The fourth-order valence-electron chi connectivity index (χ4n) is 3.33. The van der Waals surface area contributed by atoms with E-state index in [4.69, 9.17) is 9.47 Å². The average molecular weight is 445 g/mol. The van der Waals surface area contributed by atoms with Gasteiger partial charge in [-0.1, -0.05) is 18.2 Å². The topological polar surface area (TPSA) is 42.0 Å². The minimum Gasteiger partial charge on any atom is -0.497 e. The molecule has 1 heterocycles. The van der Waals surface area contributed by atoms with Crippen molar-refractivity contribution in [1.29, 1.82) is 0 Å². The van der Waals surface area contributed by atoms with Crippen LogP contribution in [0.15, 0.2) is 42.5 Å². The summed E-state index contributed by atoms with van der Waals surface area (Å²) < 4.78 is 49.1. The van der Waals surface area contributed by atoms with E-state index in [1.807, 2.05) is 4.90 Å². The predicted molar refractivity (Wildman–Crippen MR) is 109 cm³/mol. The van der Waals surface area contributed by atoms with Crippen LogP contribution >= 0.6 is 12.4 Å². The second-order valence-corrected chi connectivity index (χ2v) is 6.87. The Hall–Kier alpha value is -2.45. The standard InChI is InChI=1S/C21H23F3N2O3.ClH/c1-28-18-11-16(12-19(13-18)29-2)20(27)26-8-6-25(7-9-26)14-15-4-3-5-17(10-15)21(22,23)24;/h3-5,10-13H,6-9,14H2,1-2H3;1H. The molecule has 1 aliphatic heterocycles. The van der Waals surface area contributed by atoms with Crippen molar-refractivity contribution >= 4 is 18.3 Å². The van der Waals surface area contributed by atoms with Gasteiger partial charge in [0.2, 0.25) is 0 Å². The van der Waals surface area contributed by atoms with Gasteiger partial charge in [0.25, 0.3) is 5.91 Å². The van der Waals surface area contributed by atoms with Crippen molar-refractivity contribution < 1.29 is 27.4 Å². The van der Waals surface area contributed by atoms with Gasteiger partial charge in [-0.05, 0) is 23.8 Å². The molecule has 0 aromatic heterocycles. The first-order valence-corrected chi connectivity index (χ1v) is 9.21. The van der Waals surface area contributed by atoms with Gasteiger partial charge in [-0.2, -0.15) is 13.2 Å². The number of piperazine rings is 1. The van der Waals surface area contributed by atoms with Crippen molar-refractivity contribution in [2.75, 3.05) is 40.4 Å². The Labute approximate surface area is 179 Å². The third kappa shape index (κ3) is 5.79. The summed E-state index contributed by atoms with van der Waals surface area (Å²) in [5.74, 6) is 0.952. The van der Waals surface area contributed by atoms with E-state index in [0.29, 0.717) is 55.3 Å². The van der Waals surface area contributed by atoms with Gasteiger partial charge in [0.15, 0.2) is 0 Å². The summed E-state index contributed by atoms with van der Waals surface area (Å²) >= 11 is 0. The average Bonchev–Trinajstić information content (AvgIpc) is 2.73. The lowest BCUT2D eigenvalue weighted by molar-refractivity contribution is -0.137. The number of hydrogen-bond donors (Lipinski definition) is 0. The van der Waals surface area contributed by atoms with Crippen molar-refractivity contribution in [1.82, 2.24) is 9.80 Å². The molecule has 164 valence electrons. The van der Waals surface area contributed by atoms with Crippen LogP contribution in [0, 0.1) is 0 Å². The Morgan fingerprint density at radius 2 is 1.57 bits per heavy atom. The van der Waals surface area contributed by atoms with Crippen molar-refractivity contribution in [3.8, 4) is 11.5 Å². The Bertz CT molecular complexity index is 847. The molecule has 0 aliphatic carbocycles. The zero-order valence-electron chi connectivity index (χ0n) is 16.7. The Balaban J connectivity index is 0.00000320. The third-order valence-corrected chi connectivity index (χ3v) is 4.92. The number of nitrogens with zero attached hydrogens (tertiary/aromatic N) is 2. The Kier molecular flexibility index (Phi) is 7.97. The molecule has 0 unspecified atom stereocenters. The number of amides is 1. The van der Waals surface area contributed by atoms with E-state index in [0.717, 1.165) is 6.07 Å². The number of ether oxygens (including phenoxy) is 2. The zero-order valence-corrected chi connectivity index (χ0v) is 17.6. The lowest BCUT2D eigenvalue weighted by atomic mass is 10.1. The molecule has 0 atom stereocenters. The summed E-state index contributed by atoms with van der Waals surface area (Å²) in [5, 5.41) is 0. The van der Waals surface area contributed by atoms with E-state index in [1.54, 1.807) is 29.2 Å². The highest BCUT2D eigenvalue weighted by molar-refractivity contribution is 5.95. The van der Waals surface area contributed by atoms with E-state index >= 15 is 0 Å². The van der Waals surface area contributed by atoms with Crippen LogP contribution in [0.3, 0.4) is 0 Å². The fourth-order valence-corrected chi connectivity index (χ4v) is 3.33. The van der Waals surface area contributed by atoms with E-state index in [9.17, 15) is 18.0 Å². The molecule has 2 aromatic carbocycles. The van der Waals surface area contributed by atoms with Crippen molar-refractivity contribution in [2.24, 2.45) is 0 Å². The van der Waals surface area contributed by atoms with Crippen LogP contribution in [-0.2, 0) is 12.7 Å². The molecule has 30 heavy (non-hydrogen) atoms. The van der Waals surface area contributed by atoms with Crippen LogP contribution in [0.5, 0.6) is 11.5 Å². The molecule has 0 radical (unpaired) electrons. The number of hydrogen-bond acceptors (Lipinski definition) is 4. The molecule has 0 saturated carbocycles. The first-order chi connectivity index (χ1) is 13.8. The van der Waals surface area contributed by atoms with Crippen LogP contribution in [0.4, 0.5) is 13.2 Å². The first-order valence-electron chi connectivity index (χ1n) is 9.21. The summed E-state index contributed by atoms with van der Waals surface area (Å²) in [6, 6.07) is 10.4.